The zero-order valence-electron chi connectivity index (χ0n) is 23.4. The first kappa shape index (κ1) is 27.3. The molecular weight excluding hydrogens is 572 g/mol. The van der Waals surface area contributed by atoms with E-state index >= 15 is 0 Å². The second-order valence-corrected chi connectivity index (χ2v) is 11.4. The van der Waals surface area contributed by atoms with Crippen molar-refractivity contribution in [1.29, 1.82) is 0 Å². The number of anilines is 2. The molecule has 8 nitrogen and oxygen atoms in total. The van der Waals surface area contributed by atoms with Crippen LogP contribution in [0.4, 0.5) is 10.9 Å². The Bertz CT molecular complexity index is 1970. The maximum Gasteiger partial charge on any atom is 0.355 e. The summed E-state index contributed by atoms with van der Waals surface area (Å²) in [5.74, 6) is 0.577. The molecule has 6 aromatic rings. The molecule has 1 amide bonds. The summed E-state index contributed by atoms with van der Waals surface area (Å²) in [5, 5.41) is 13.6. The molecule has 3 heterocycles. The minimum atomic E-state index is -1.11. The van der Waals surface area contributed by atoms with Gasteiger partial charge >= 0.3 is 5.97 Å². The van der Waals surface area contributed by atoms with Gasteiger partial charge in [-0.2, -0.15) is 0 Å². The van der Waals surface area contributed by atoms with Gasteiger partial charge in [-0.05, 0) is 77.7 Å². The minimum Gasteiger partial charge on any atom is -0.476 e. The molecule has 0 unspecified atom stereocenters. The number of carboxylic acids is 1. The van der Waals surface area contributed by atoms with Gasteiger partial charge in [0.1, 0.15) is 17.3 Å². The van der Waals surface area contributed by atoms with E-state index < -0.39 is 5.97 Å². The van der Waals surface area contributed by atoms with Gasteiger partial charge in [-0.25, -0.2) is 14.8 Å². The number of carboxylic acid groups (broad SMARTS) is 1. The molecule has 0 aliphatic carbocycles. The average Bonchev–Trinajstić information content (AvgIpc) is 3.47. The molecule has 0 fully saturated rings. The van der Waals surface area contributed by atoms with Crippen molar-refractivity contribution in [2.75, 3.05) is 16.8 Å². The van der Waals surface area contributed by atoms with Gasteiger partial charge in [0.05, 0.1) is 10.2 Å². The number of hydrogen-bond donors (Lipinski definition) is 2. The van der Waals surface area contributed by atoms with Crippen LogP contribution in [-0.4, -0.2) is 33.5 Å². The third-order valence-electron chi connectivity index (χ3n) is 7.58. The summed E-state index contributed by atoms with van der Waals surface area (Å²) in [6.45, 7) is 1.07. The summed E-state index contributed by atoms with van der Waals surface area (Å²) in [7, 11) is 0. The topological polar surface area (TPSA) is 105 Å². The predicted octanol–water partition coefficient (Wildman–Crippen LogP) is 7.66. The van der Waals surface area contributed by atoms with Gasteiger partial charge in [0.2, 0.25) is 0 Å². The molecule has 0 saturated heterocycles. The molecule has 216 valence electrons. The quantitative estimate of drug-likeness (QED) is 0.194. The predicted molar refractivity (Wildman–Crippen MR) is 172 cm³/mol. The number of aromatic nitrogens is 2. The number of hydrogen-bond acceptors (Lipinski definition) is 7. The molecule has 0 atom stereocenters. The number of ether oxygens (including phenoxy) is 1. The normalized spacial score (nSPS) is 12.5. The average molecular weight is 599 g/mol. The van der Waals surface area contributed by atoms with Crippen LogP contribution in [0.5, 0.6) is 11.5 Å². The molecule has 2 N–H and O–H groups in total. The van der Waals surface area contributed by atoms with Crippen molar-refractivity contribution in [3.8, 4) is 22.6 Å². The number of benzene rings is 4. The number of para-hydroxylation sites is 2. The smallest absolute Gasteiger partial charge is 0.355 e. The van der Waals surface area contributed by atoms with Crippen LogP contribution in [0.2, 0.25) is 0 Å². The van der Waals surface area contributed by atoms with Crippen LogP contribution in [0.25, 0.3) is 21.3 Å². The fourth-order valence-electron chi connectivity index (χ4n) is 5.43. The molecule has 4 aromatic carbocycles. The van der Waals surface area contributed by atoms with Crippen molar-refractivity contribution < 1.29 is 19.4 Å². The molecule has 7 rings (SSSR count). The van der Waals surface area contributed by atoms with Gasteiger partial charge in [-0.3, -0.25) is 10.1 Å². The minimum absolute atomic E-state index is 0.0353. The Morgan fingerprint density at radius 2 is 1.59 bits per heavy atom. The highest BCUT2D eigenvalue weighted by Gasteiger charge is 2.25. The third-order valence-corrected chi connectivity index (χ3v) is 8.54. The van der Waals surface area contributed by atoms with E-state index in [0.717, 1.165) is 32.7 Å². The van der Waals surface area contributed by atoms with E-state index in [1.807, 2.05) is 108 Å². The SMILES string of the molecule is O=C(Nc1nc2ccccc2s1)c1cccc2c1CN(c1ccc(-c3ccc(Oc4ccccc4)cc3)c(C(=O)O)n1)CC2. The summed E-state index contributed by atoms with van der Waals surface area (Å²) < 4.78 is 6.88. The summed E-state index contributed by atoms with van der Waals surface area (Å²) in [4.78, 5) is 36.9. The van der Waals surface area contributed by atoms with Crippen LogP contribution in [0.1, 0.15) is 32.0 Å². The number of carbonyl (C=O) groups excluding carboxylic acids is 1. The number of nitrogens with zero attached hydrogens (tertiary/aromatic N) is 3. The molecule has 9 heteroatoms. The molecule has 1 aliphatic rings. The van der Waals surface area contributed by atoms with Gasteiger partial charge in [0, 0.05) is 24.2 Å². The van der Waals surface area contributed by atoms with Crippen molar-refractivity contribution in [3.63, 3.8) is 0 Å². The maximum atomic E-state index is 13.4. The summed E-state index contributed by atoms with van der Waals surface area (Å²) in [5.41, 5.74) is 4.60. The maximum absolute atomic E-state index is 13.4. The first-order valence-corrected chi connectivity index (χ1v) is 14.9. The van der Waals surface area contributed by atoms with Crippen molar-refractivity contribution in [2.24, 2.45) is 0 Å². The van der Waals surface area contributed by atoms with Crippen LogP contribution in [0, 0.1) is 0 Å². The number of thiazole rings is 1. The molecule has 0 bridgehead atoms. The van der Waals surface area contributed by atoms with E-state index in [0.29, 0.717) is 47.3 Å². The van der Waals surface area contributed by atoms with E-state index in [4.69, 9.17) is 4.74 Å². The van der Waals surface area contributed by atoms with Crippen molar-refractivity contribution in [2.45, 2.75) is 13.0 Å². The number of amides is 1. The van der Waals surface area contributed by atoms with Crippen molar-refractivity contribution in [3.05, 3.63) is 132 Å². The van der Waals surface area contributed by atoms with Crippen molar-refractivity contribution >= 4 is 44.4 Å². The second-order valence-electron chi connectivity index (χ2n) is 10.4. The lowest BCUT2D eigenvalue weighted by atomic mass is 9.94. The Hall–Kier alpha value is -5.54. The molecule has 0 radical (unpaired) electrons. The van der Waals surface area contributed by atoms with Crippen LogP contribution < -0.4 is 15.0 Å². The lowest BCUT2D eigenvalue weighted by Crippen LogP contribution is -2.33. The molecular formula is C35H26N4O4S. The molecule has 2 aromatic heterocycles. The number of pyridine rings is 1. The standard InChI is InChI=1S/C35H26N4O4S/c40-33(38-35-36-29-11-4-5-12-30(29)44-35)27-10-6-7-22-19-20-39(21-28(22)27)31-18-17-26(32(37-31)34(41)42)23-13-15-25(16-14-23)43-24-8-2-1-3-9-24/h1-18H,19-21H2,(H,41,42)(H,36,38,40). The van der Waals surface area contributed by atoms with Gasteiger partial charge in [0.25, 0.3) is 5.91 Å². The molecule has 44 heavy (non-hydrogen) atoms. The number of rotatable bonds is 7. The fraction of sp³-hybridized carbons (Fsp3) is 0.0857. The van der Waals surface area contributed by atoms with E-state index in [9.17, 15) is 14.7 Å². The Balaban J connectivity index is 1.13. The Morgan fingerprint density at radius 3 is 2.39 bits per heavy atom. The van der Waals surface area contributed by atoms with Gasteiger partial charge in [0.15, 0.2) is 10.8 Å². The zero-order chi connectivity index (χ0) is 30.0. The van der Waals surface area contributed by atoms with E-state index in [2.05, 4.69) is 15.3 Å². The van der Waals surface area contributed by atoms with E-state index in [1.165, 1.54) is 11.3 Å². The number of fused-ring (bicyclic) bond motifs is 2. The number of carbonyl (C=O) groups is 2. The highest BCUT2D eigenvalue weighted by Crippen LogP contribution is 2.32. The lowest BCUT2D eigenvalue weighted by Gasteiger charge is -2.31. The zero-order valence-corrected chi connectivity index (χ0v) is 24.3. The number of aromatic carboxylic acids is 1. The van der Waals surface area contributed by atoms with Gasteiger partial charge in [-0.15, -0.1) is 0 Å². The lowest BCUT2D eigenvalue weighted by molar-refractivity contribution is 0.0691. The third kappa shape index (κ3) is 5.48. The Morgan fingerprint density at radius 1 is 0.818 bits per heavy atom. The van der Waals surface area contributed by atoms with Gasteiger partial charge in [-0.1, -0.05) is 65.9 Å². The monoisotopic (exact) mass is 598 g/mol. The second kappa shape index (κ2) is 11.6. The van der Waals surface area contributed by atoms with Crippen LogP contribution in [-0.2, 0) is 13.0 Å². The molecule has 0 saturated carbocycles. The fourth-order valence-corrected chi connectivity index (χ4v) is 6.29. The number of nitrogens with one attached hydrogen (secondary N) is 1. The van der Waals surface area contributed by atoms with Crippen LogP contribution in [0.15, 0.2) is 109 Å². The summed E-state index contributed by atoms with van der Waals surface area (Å²) in [6, 6.07) is 33.9. The largest absolute Gasteiger partial charge is 0.476 e. The highest BCUT2D eigenvalue weighted by atomic mass is 32.1. The Kier molecular flexibility index (Phi) is 7.21. The van der Waals surface area contributed by atoms with E-state index in [1.54, 1.807) is 6.07 Å². The summed E-state index contributed by atoms with van der Waals surface area (Å²) >= 11 is 1.43. The van der Waals surface area contributed by atoms with Crippen LogP contribution >= 0.6 is 11.3 Å². The molecule has 1 aliphatic heterocycles. The van der Waals surface area contributed by atoms with Gasteiger partial charge < -0.3 is 14.7 Å². The van der Waals surface area contributed by atoms with Crippen LogP contribution in [0.3, 0.4) is 0 Å². The first-order chi connectivity index (χ1) is 21.5. The molecule has 0 spiro atoms. The first-order valence-electron chi connectivity index (χ1n) is 14.1. The summed E-state index contributed by atoms with van der Waals surface area (Å²) in [6.07, 6.45) is 0.701. The van der Waals surface area contributed by atoms with E-state index in [-0.39, 0.29) is 11.6 Å². The Labute approximate surface area is 257 Å². The highest BCUT2D eigenvalue weighted by molar-refractivity contribution is 7.22. The van der Waals surface area contributed by atoms with Crippen molar-refractivity contribution in [1.82, 2.24) is 9.97 Å².